The number of thioether (sulfide) groups is 1. The van der Waals surface area contributed by atoms with E-state index in [1.807, 2.05) is 6.07 Å². The van der Waals surface area contributed by atoms with Gasteiger partial charge in [0.25, 0.3) is 0 Å². The van der Waals surface area contributed by atoms with Crippen LogP contribution in [0, 0.1) is 13.8 Å². The molecule has 0 atom stereocenters. The average Bonchev–Trinajstić information content (AvgIpc) is 2.35. The van der Waals surface area contributed by atoms with Crippen molar-refractivity contribution >= 4 is 27.7 Å². The fourth-order valence-corrected chi connectivity index (χ4v) is 3.58. The number of aromatic nitrogens is 2. The summed E-state index contributed by atoms with van der Waals surface area (Å²) in [5.41, 5.74) is 3.98. The van der Waals surface area contributed by atoms with E-state index in [0.29, 0.717) is 0 Å². The zero-order chi connectivity index (χ0) is 14.5. The standard InChI is InChI=1S/C16H19BrN2S/c1-4-5-15-18-14(17)9-16(19-15)20-10-13-7-11(2)6-12(3)8-13/h6-9H,4-5,10H2,1-3H3. The van der Waals surface area contributed by atoms with Crippen molar-refractivity contribution in [2.24, 2.45) is 0 Å². The van der Waals surface area contributed by atoms with Gasteiger partial charge in [-0.1, -0.05) is 36.2 Å². The minimum absolute atomic E-state index is 0.874. The number of nitrogens with zero attached hydrogens (tertiary/aromatic N) is 2. The predicted molar refractivity (Wildman–Crippen MR) is 89.2 cm³/mol. The highest BCUT2D eigenvalue weighted by Crippen LogP contribution is 2.24. The number of hydrogen-bond donors (Lipinski definition) is 0. The Morgan fingerprint density at radius 2 is 1.75 bits per heavy atom. The molecule has 0 fully saturated rings. The Bertz CT molecular complexity index is 579. The molecule has 0 radical (unpaired) electrons. The van der Waals surface area contributed by atoms with Crippen molar-refractivity contribution in [3.05, 3.63) is 51.4 Å². The van der Waals surface area contributed by atoms with Gasteiger partial charge in [-0.3, -0.25) is 0 Å². The molecule has 2 rings (SSSR count). The Morgan fingerprint density at radius 3 is 2.40 bits per heavy atom. The van der Waals surface area contributed by atoms with Crippen molar-refractivity contribution in [3.8, 4) is 0 Å². The number of halogens is 1. The quantitative estimate of drug-likeness (QED) is 0.554. The van der Waals surface area contributed by atoms with E-state index in [0.717, 1.165) is 34.0 Å². The molecule has 1 aromatic carbocycles. The maximum Gasteiger partial charge on any atom is 0.130 e. The second-order valence-corrected chi connectivity index (χ2v) is 6.79. The Kier molecular flexibility index (Phi) is 5.61. The van der Waals surface area contributed by atoms with Gasteiger partial charge in [0, 0.05) is 18.2 Å². The number of aryl methyl sites for hydroxylation is 3. The van der Waals surface area contributed by atoms with Crippen LogP contribution in [0.2, 0.25) is 0 Å². The summed E-state index contributed by atoms with van der Waals surface area (Å²) in [5, 5.41) is 1.04. The Morgan fingerprint density at radius 1 is 1.05 bits per heavy atom. The van der Waals surface area contributed by atoms with Gasteiger partial charge >= 0.3 is 0 Å². The van der Waals surface area contributed by atoms with E-state index in [1.165, 1.54) is 16.7 Å². The van der Waals surface area contributed by atoms with Crippen LogP contribution in [0.3, 0.4) is 0 Å². The smallest absolute Gasteiger partial charge is 0.130 e. The second kappa shape index (κ2) is 7.23. The number of rotatable bonds is 5. The summed E-state index contributed by atoms with van der Waals surface area (Å²) in [7, 11) is 0. The number of benzene rings is 1. The first kappa shape index (κ1) is 15.5. The maximum absolute atomic E-state index is 4.61. The Hall–Kier alpha value is -0.870. The Balaban J connectivity index is 2.10. The first-order valence-corrected chi connectivity index (χ1v) is 8.58. The van der Waals surface area contributed by atoms with E-state index in [4.69, 9.17) is 0 Å². The van der Waals surface area contributed by atoms with E-state index >= 15 is 0 Å². The van der Waals surface area contributed by atoms with Crippen molar-refractivity contribution in [3.63, 3.8) is 0 Å². The highest BCUT2D eigenvalue weighted by Gasteiger charge is 2.04. The van der Waals surface area contributed by atoms with Crippen LogP contribution in [-0.4, -0.2) is 9.97 Å². The zero-order valence-corrected chi connectivity index (χ0v) is 14.5. The molecule has 0 unspecified atom stereocenters. The fraction of sp³-hybridized carbons (Fsp3) is 0.375. The molecule has 2 aromatic rings. The molecular formula is C16H19BrN2S. The van der Waals surface area contributed by atoms with Crippen LogP contribution in [0.1, 0.15) is 35.9 Å². The van der Waals surface area contributed by atoms with Crippen LogP contribution in [0.15, 0.2) is 33.9 Å². The molecule has 2 nitrogen and oxygen atoms in total. The van der Waals surface area contributed by atoms with Gasteiger partial charge in [-0.05, 0) is 41.8 Å². The second-order valence-electron chi connectivity index (χ2n) is 4.98. The van der Waals surface area contributed by atoms with Crippen molar-refractivity contribution in [1.29, 1.82) is 0 Å². The van der Waals surface area contributed by atoms with Crippen molar-refractivity contribution in [1.82, 2.24) is 9.97 Å². The van der Waals surface area contributed by atoms with Gasteiger partial charge < -0.3 is 0 Å². The minimum atomic E-state index is 0.874. The molecule has 1 heterocycles. The zero-order valence-electron chi connectivity index (χ0n) is 12.1. The molecule has 0 aliphatic carbocycles. The number of hydrogen-bond acceptors (Lipinski definition) is 3. The fourth-order valence-electron chi connectivity index (χ4n) is 2.16. The van der Waals surface area contributed by atoms with Gasteiger partial charge in [0.1, 0.15) is 15.5 Å². The Labute approximate surface area is 133 Å². The maximum atomic E-state index is 4.61. The first-order valence-electron chi connectivity index (χ1n) is 6.80. The predicted octanol–water partition coefficient (Wildman–Crippen LogP) is 5.10. The first-order chi connectivity index (χ1) is 9.56. The van der Waals surface area contributed by atoms with E-state index in [9.17, 15) is 0 Å². The van der Waals surface area contributed by atoms with E-state index < -0.39 is 0 Å². The van der Waals surface area contributed by atoms with Gasteiger partial charge in [-0.15, -0.1) is 11.8 Å². The van der Waals surface area contributed by atoms with Crippen LogP contribution in [0.4, 0.5) is 0 Å². The van der Waals surface area contributed by atoms with Crippen LogP contribution in [-0.2, 0) is 12.2 Å². The summed E-state index contributed by atoms with van der Waals surface area (Å²) in [6.07, 6.45) is 1.99. The summed E-state index contributed by atoms with van der Waals surface area (Å²) in [5.74, 6) is 1.86. The molecular weight excluding hydrogens is 332 g/mol. The summed E-state index contributed by atoms with van der Waals surface area (Å²) >= 11 is 5.23. The third-order valence-corrected chi connectivity index (χ3v) is 4.25. The largest absolute Gasteiger partial charge is 0.227 e. The van der Waals surface area contributed by atoms with Crippen LogP contribution >= 0.6 is 27.7 Å². The molecule has 0 saturated carbocycles. The molecule has 0 aliphatic heterocycles. The van der Waals surface area contributed by atoms with Crippen LogP contribution in [0.5, 0.6) is 0 Å². The molecule has 1 aromatic heterocycles. The van der Waals surface area contributed by atoms with Gasteiger partial charge in [0.2, 0.25) is 0 Å². The lowest BCUT2D eigenvalue weighted by atomic mass is 10.1. The summed E-state index contributed by atoms with van der Waals surface area (Å²) < 4.78 is 0.874. The SMILES string of the molecule is CCCc1nc(Br)cc(SCc2cc(C)cc(C)c2)n1. The van der Waals surface area contributed by atoms with Crippen LogP contribution < -0.4 is 0 Å². The normalized spacial score (nSPS) is 10.8. The van der Waals surface area contributed by atoms with E-state index in [1.54, 1.807) is 11.8 Å². The highest BCUT2D eigenvalue weighted by atomic mass is 79.9. The topological polar surface area (TPSA) is 25.8 Å². The lowest BCUT2D eigenvalue weighted by molar-refractivity contribution is 0.803. The van der Waals surface area contributed by atoms with Gasteiger partial charge in [0.05, 0.1) is 0 Å². The van der Waals surface area contributed by atoms with Crippen molar-refractivity contribution in [2.75, 3.05) is 0 Å². The lowest BCUT2D eigenvalue weighted by Gasteiger charge is -2.06. The van der Waals surface area contributed by atoms with Crippen LogP contribution in [0.25, 0.3) is 0 Å². The molecule has 20 heavy (non-hydrogen) atoms. The lowest BCUT2D eigenvalue weighted by Crippen LogP contribution is -1.96. The summed E-state index contributed by atoms with van der Waals surface area (Å²) in [6, 6.07) is 8.67. The summed E-state index contributed by atoms with van der Waals surface area (Å²) in [4.78, 5) is 9.00. The average molecular weight is 351 g/mol. The van der Waals surface area contributed by atoms with Crippen molar-refractivity contribution in [2.45, 2.75) is 44.4 Å². The highest BCUT2D eigenvalue weighted by molar-refractivity contribution is 9.10. The molecule has 106 valence electrons. The molecule has 4 heteroatoms. The third-order valence-electron chi connectivity index (χ3n) is 2.86. The third kappa shape index (κ3) is 4.60. The summed E-state index contributed by atoms with van der Waals surface area (Å²) in [6.45, 7) is 6.43. The monoisotopic (exact) mass is 350 g/mol. The molecule has 0 bridgehead atoms. The molecule has 0 aliphatic rings. The van der Waals surface area contributed by atoms with Gasteiger partial charge in [-0.2, -0.15) is 0 Å². The van der Waals surface area contributed by atoms with E-state index in [-0.39, 0.29) is 0 Å². The van der Waals surface area contributed by atoms with Gasteiger partial charge in [-0.25, -0.2) is 9.97 Å². The van der Waals surface area contributed by atoms with Gasteiger partial charge in [0.15, 0.2) is 0 Å². The van der Waals surface area contributed by atoms with E-state index in [2.05, 4.69) is 64.9 Å². The molecule has 0 spiro atoms. The molecule has 0 amide bonds. The molecule has 0 N–H and O–H groups in total. The van der Waals surface area contributed by atoms with Crippen molar-refractivity contribution < 1.29 is 0 Å². The molecule has 0 saturated heterocycles. The minimum Gasteiger partial charge on any atom is -0.227 e.